The SMILES string of the molecule is O=[N+]([O-])c1ccc(N2N=C(C(F)(F)F)CC2(O)c2ccc(Cl)nc2)cc1. The number of alkyl halides is 3. The number of benzene rings is 1. The molecule has 7 nitrogen and oxygen atoms in total. The topological polar surface area (TPSA) is 91.9 Å². The summed E-state index contributed by atoms with van der Waals surface area (Å²) < 4.78 is 39.4. The van der Waals surface area contributed by atoms with Crippen LogP contribution < -0.4 is 5.01 Å². The van der Waals surface area contributed by atoms with E-state index in [1.54, 1.807) is 0 Å². The molecular formula is C15H10ClF3N4O3. The number of hydrazone groups is 1. The number of nitro groups is 1. The quantitative estimate of drug-likeness (QED) is 0.494. The number of pyridine rings is 1. The molecule has 2 heterocycles. The average Bonchev–Trinajstić information content (AvgIpc) is 2.94. The Bertz CT molecular complexity index is 871. The second-order valence-electron chi connectivity index (χ2n) is 5.49. The molecule has 1 aliphatic rings. The van der Waals surface area contributed by atoms with Crippen molar-refractivity contribution in [2.24, 2.45) is 5.10 Å². The summed E-state index contributed by atoms with van der Waals surface area (Å²) in [6, 6.07) is 7.29. The minimum absolute atomic E-state index is 0.0447. The maximum atomic E-state index is 13.1. The molecule has 1 atom stereocenters. The fraction of sp³-hybridized carbons (Fsp3) is 0.200. The number of rotatable bonds is 3. The van der Waals surface area contributed by atoms with E-state index < -0.39 is 29.0 Å². The summed E-state index contributed by atoms with van der Waals surface area (Å²) in [5.41, 5.74) is -3.51. The molecule has 2 aromatic rings. The van der Waals surface area contributed by atoms with E-state index in [1.807, 2.05) is 0 Å². The van der Waals surface area contributed by atoms with E-state index in [9.17, 15) is 28.4 Å². The standard InChI is InChI=1S/C15H10ClF3N4O3/c16-13-6-1-9(8-20-13)14(24)7-12(15(17,18)19)21-22(14)10-2-4-11(5-3-10)23(25)26/h1-6,8,24H,7H2. The number of nitrogens with zero attached hydrogens (tertiary/aromatic N) is 4. The third-order valence-corrected chi connectivity index (χ3v) is 4.03. The predicted octanol–water partition coefficient (Wildman–Crippen LogP) is 3.62. The zero-order chi connectivity index (χ0) is 19.1. The molecular weight excluding hydrogens is 377 g/mol. The number of hydrogen-bond acceptors (Lipinski definition) is 6. The molecule has 1 N–H and O–H groups in total. The lowest BCUT2D eigenvalue weighted by molar-refractivity contribution is -0.384. The van der Waals surface area contributed by atoms with E-state index in [0.29, 0.717) is 0 Å². The first-order valence-electron chi connectivity index (χ1n) is 7.15. The monoisotopic (exact) mass is 386 g/mol. The van der Waals surface area contributed by atoms with Crippen molar-refractivity contribution < 1.29 is 23.2 Å². The number of anilines is 1. The highest BCUT2D eigenvalue weighted by Gasteiger charge is 2.51. The van der Waals surface area contributed by atoms with E-state index in [4.69, 9.17) is 11.6 Å². The molecule has 0 aliphatic carbocycles. The summed E-state index contributed by atoms with van der Waals surface area (Å²) in [7, 11) is 0. The lowest BCUT2D eigenvalue weighted by Gasteiger charge is -2.32. The third-order valence-electron chi connectivity index (χ3n) is 3.81. The fourth-order valence-corrected chi connectivity index (χ4v) is 2.64. The maximum absolute atomic E-state index is 13.1. The summed E-state index contributed by atoms with van der Waals surface area (Å²) in [6.07, 6.45) is -4.43. The van der Waals surface area contributed by atoms with Gasteiger partial charge in [-0.1, -0.05) is 11.6 Å². The molecule has 0 bridgehead atoms. The first-order chi connectivity index (χ1) is 12.1. The van der Waals surface area contributed by atoms with E-state index in [-0.39, 0.29) is 22.1 Å². The zero-order valence-electron chi connectivity index (χ0n) is 12.8. The van der Waals surface area contributed by atoms with Crippen LogP contribution in [0.4, 0.5) is 24.5 Å². The lowest BCUT2D eigenvalue weighted by atomic mass is 9.98. The van der Waals surface area contributed by atoms with Gasteiger partial charge in [0.2, 0.25) is 0 Å². The minimum atomic E-state index is -4.75. The van der Waals surface area contributed by atoms with Crippen molar-refractivity contribution in [2.75, 3.05) is 5.01 Å². The summed E-state index contributed by atoms with van der Waals surface area (Å²) >= 11 is 5.69. The number of non-ortho nitro benzene ring substituents is 1. The molecule has 3 rings (SSSR count). The molecule has 1 aromatic carbocycles. The van der Waals surface area contributed by atoms with Crippen LogP contribution in [0.5, 0.6) is 0 Å². The summed E-state index contributed by atoms with van der Waals surface area (Å²) in [6.45, 7) is 0. The van der Waals surface area contributed by atoms with E-state index >= 15 is 0 Å². The molecule has 26 heavy (non-hydrogen) atoms. The van der Waals surface area contributed by atoms with Gasteiger partial charge < -0.3 is 5.11 Å². The molecule has 0 amide bonds. The van der Waals surface area contributed by atoms with E-state index in [0.717, 1.165) is 23.3 Å². The number of hydrogen-bond donors (Lipinski definition) is 1. The molecule has 0 spiro atoms. The van der Waals surface area contributed by atoms with Crippen LogP contribution in [0.15, 0.2) is 47.7 Å². The van der Waals surface area contributed by atoms with Crippen molar-refractivity contribution in [1.82, 2.24) is 4.98 Å². The molecule has 0 radical (unpaired) electrons. The highest BCUT2D eigenvalue weighted by atomic mass is 35.5. The second kappa shape index (κ2) is 6.22. The highest BCUT2D eigenvalue weighted by molar-refractivity contribution is 6.29. The predicted molar refractivity (Wildman–Crippen MR) is 86.8 cm³/mol. The number of nitro benzene ring substituents is 1. The first kappa shape index (κ1) is 18.1. The van der Waals surface area contributed by atoms with Crippen molar-refractivity contribution in [3.63, 3.8) is 0 Å². The summed E-state index contributed by atoms with van der Waals surface area (Å²) in [5, 5.41) is 26.1. The Morgan fingerprint density at radius 1 is 1.23 bits per heavy atom. The van der Waals surface area contributed by atoms with Gasteiger partial charge in [-0.05, 0) is 24.3 Å². The normalized spacial score (nSPS) is 20.2. The first-order valence-corrected chi connectivity index (χ1v) is 7.53. The number of aliphatic hydroxyl groups is 1. The van der Waals surface area contributed by atoms with Gasteiger partial charge in [0.15, 0.2) is 5.72 Å². The van der Waals surface area contributed by atoms with Gasteiger partial charge in [0.1, 0.15) is 10.9 Å². The Hall–Kier alpha value is -2.72. The molecule has 0 saturated heterocycles. The van der Waals surface area contributed by atoms with Gasteiger partial charge in [0.25, 0.3) is 5.69 Å². The molecule has 1 aliphatic heterocycles. The average molecular weight is 387 g/mol. The van der Waals surface area contributed by atoms with Gasteiger partial charge in [0.05, 0.1) is 17.0 Å². The maximum Gasteiger partial charge on any atom is 0.431 e. The summed E-state index contributed by atoms with van der Waals surface area (Å²) in [5.74, 6) is 0. The van der Waals surface area contributed by atoms with Crippen molar-refractivity contribution in [1.29, 1.82) is 0 Å². The van der Waals surface area contributed by atoms with Crippen LogP contribution >= 0.6 is 11.6 Å². The van der Waals surface area contributed by atoms with Gasteiger partial charge in [-0.3, -0.25) is 10.1 Å². The Balaban J connectivity index is 2.08. The van der Waals surface area contributed by atoms with Gasteiger partial charge in [0, 0.05) is 23.9 Å². The Labute approximate surface area is 149 Å². The van der Waals surface area contributed by atoms with Gasteiger partial charge in [-0.15, -0.1) is 0 Å². The Morgan fingerprint density at radius 2 is 1.88 bits per heavy atom. The van der Waals surface area contributed by atoms with Crippen molar-refractivity contribution >= 4 is 28.7 Å². The largest absolute Gasteiger partial charge is 0.431 e. The third kappa shape index (κ3) is 3.20. The van der Waals surface area contributed by atoms with Crippen LogP contribution in [0.2, 0.25) is 5.15 Å². The second-order valence-corrected chi connectivity index (χ2v) is 5.88. The molecule has 0 fully saturated rings. The minimum Gasteiger partial charge on any atom is -0.365 e. The molecule has 0 saturated carbocycles. The Kier molecular flexibility index (Phi) is 4.32. The smallest absolute Gasteiger partial charge is 0.365 e. The highest BCUT2D eigenvalue weighted by Crippen LogP contribution is 2.42. The fourth-order valence-electron chi connectivity index (χ4n) is 2.53. The van der Waals surface area contributed by atoms with Gasteiger partial charge >= 0.3 is 6.18 Å². The van der Waals surface area contributed by atoms with Crippen molar-refractivity contribution in [2.45, 2.75) is 18.3 Å². The zero-order valence-corrected chi connectivity index (χ0v) is 13.6. The van der Waals surface area contributed by atoms with E-state index in [2.05, 4.69) is 10.1 Å². The van der Waals surface area contributed by atoms with Crippen LogP contribution in [0, 0.1) is 10.1 Å². The Morgan fingerprint density at radius 3 is 2.38 bits per heavy atom. The molecule has 11 heteroatoms. The molecule has 136 valence electrons. The van der Waals surface area contributed by atoms with Crippen molar-refractivity contribution in [3.05, 3.63) is 63.4 Å². The van der Waals surface area contributed by atoms with Gasteiger partial charge in [-0.2, -0.15) is 18.3 Å². The van der Waals surface area contributed by atoms with E-state index in [1.165, 1.54) is 24.3 Å². The van der Waals surface area contributed by atoms with Crippen LogP contribution in [0.25, 0.3) is 0 Å². The molecule has 1 unspecified atom stereocenters. The molecule has 1 aromatic heterocycles. The van der Waals surface area contributed by atoms with Gasteiger partial charge in [-0.25, -0.2) is 9.99 Å². The summed E-state index contributed by atoms with van der Waals surface area (Å²) in [4.78, 5) is 13.9. The van der Waals surface area contributed by atoms with Crippen LogP contribution in [0.1, 0.15) is 12.0 Å². The van der Waals surface area contributed by atoms with Crippen LogP contribution in [0.3, 0.4) is 0 Å². The van der Waals surface area contributed by atoms with Crippen LogP contribution in [-0.2, 0) is 5.72 Å². The van der Waals surface area contributed by atoms with Crippen molar-refractivity contribution in [3.8, 4) is 0 Å². The number of halogens is 4. The lowest BCUT2D eigenvalue weighted by Crippen LogP contribution is -2.40. The van der Waals surface area contributed by atoms with Crippen LogP contribution in [-0.4, -0.2) is 26.9 Å². The number of aromatic nitrogens is 1.